The molecule has 0 radical (unpaired) electrons. The smallest absolute Gasteiger partial charge is 0.290 e. The Hall–Kier alpha value is -3.42. The average molecular weight is 455 g/mol. The van der Waals surface area contributed by atoms with Gasteiger partial charge in [-0.1, -0.05) is 24.3 Å². The first-order valence-corrected chi connectivity index (χ1v) is 10.7. The standard InChI is InChI=1S/C25H24F3N3O2/c1-14-7-10-18(11-15(14)2)25(27,28)13-29-23(32)21-16(3)12-30-31-24(21)33-20-6-4-5-19(22(20)26)17-8-9-17/h4-7,10-12,17H,8-9,13H2,1-3H3,(H,29,32). The van der Waals surface area contributed by atoms with Crippen LogP contribution in [-0.2, 0) is 5.92 Å². The lowest BCUT2D eigenvalue weighted by molar-refractivity contribution is -0.00257. The normalized spacial score (nSPS) is 13.6. The zero-order valence-corrected chi connectivity index (χ0v) is 18.6. The van der Waals surface area contributed by atoms with Crippen molar-refractivity contribution in [1.82, 2.24) is 15.5 Å². The SMILES string of the molecule is Cc1ccc(C(F)(F)CNC(=O)c2c(C)cnnc2Oc2cccc(C3CC3)c2F)cc1C. The predicted octanol–water partition coefficient (Wildman–Crippen LogP) is 5.73. The number of alkyl halides is 2. The van der Waals surface area contributed by atoms with E-state index in [2.05, 4.69) is 15.5 Å². The number of aromatic nitrogens is 2. The number of carbonyl (C=O) groups is 1. The molecule has 0 atom stereocenters. The van der Waals surface area contributed by atoms with E-state index in [9.17, 15) is 18.0 Å². The van der Waals surface area contributed by atoms with Crippen LogP contribution in [0.2, 0.25) is 0 Å². The number of amides is 1. The van der Waals surface area contributed by atoms with Crippen molar-refractivity contribution in [1.29, 1.82) is 0 Å². The number of nitrogens with one attached hydrogen (secondary N) is 1. The zero-order chi connectivity index (χ0) is 23.8. The number of hydrogen-bond acceptors (Lipinski definition) is 4. The van der Waals surface area contributed by atoms with Crippen molar-refractivity contribution in [3.63, 3.8) is 0 Å². The van der Waals surface area contributed by atoms with Gasteiger partial charge in [-0.2, -0.15) is 13.9 Å². The summed E-state index contributed by atoms with van der Waals surface area (Å²) < 4.78 is 50.0. The molecule has 3 aromatic rings. The lowest BCUT2D eigenvalue weighted by atomic mass is 10.0. The van der Waals surface area contributed by atoms with E-state index >= 15 is 0 Å². The number of halogens is 3. The fraction of sp³-hybridized carbons (Fsp3) is 0.320. The van der Waals surface area contributed by atoms with Crippen LogP contribution in [0.5, 0.6) is 11.6 Å². The fourth-order valence-electron chi connectivity index (χ4n) is 3.57. The van der Waals surface area contributed by atoms with Crippen molar-refractivity contribution in [2.75, 3.05) is 6.54 Å². The van der Waals surface area contributed by atoms with Gasteiger partial charge >= 0.3 is 0 Å². The van der Waals surface area contributed by atoms with E-state index in [4.69, 9.17) is 4.74 Å². The molecule has 8 heteroatoms. The van der Waals surface area contributed by atoms with Crippen molar-refractivity contribution in [2.45, 2.75) is 45.5 Å². The van der Waals surface area contributed by atoms with Crippen molar-refractivity contribution in [3.05, 3.63) is 81.8 Å². The molecule has 0 saturated heterocycles. The van der Waals surface area contributed by atoms with E-state index in [1.807, 2.05) is 6.92 Å². The van der Waals surface area contributed by atoms with Gasteiger partial charge in [0.05, 0.1) is 12.7 Å². The highest BCUT2D eigenvalue weighted by atomic mass is 19.3. The number of rotatable bonds is 7. The van der Waals surface area contributed by atoms with Crippen molar-refractivity contribution in [2.24, 2.45) is 0 Å². The Morgan fingerprint density at radius 1 is 1.12 bits per heavy atom. The molecule has 0 aliphatic heterocycles. The van der Waals surface area contributed by atoms with E-state index in [0.29, 0.717) is 11.1 Å². The molecule has 4 rings (SSSR count). The summed E-state index contributed by atoms with van der Waals surface area (Å²) in [5.74, 6) is -4.78. The van der Waals surface area contributed by atoms with Gasteiger partial charge in [-0.15, -0.1) is 5.10 Å². The largest absolute Gasteiger partial charge is 0.434 e. The van der Waals surface area contributed by atoms with Crippen molar-refractivity contribution < 1.29 is 22.7 Å². The van der Waals surface area contributed by atoms with Crippen LogP contribution in [0, 0.1) is 26.6 Å². The Labute approximate surface area is 190 Å². The predicted molar refractivity (Wildman–Crippen MR) is 117 cm³/mol. The van der Waals surface area contributed by atoms with Crippen molar-refractivity contribution >= 4 is 5.91 Å². The number of hydrogen-bond donors (Lipinski definition) is 1. The summed E-state index contributed by atoms with van der Waals surface area (Å²) in [6, 6.07) is 9.17. The van der Waals surface area contributed by atoms with E-state index in [1.54, 1.807) is 32.0 Å². The summed E-state index contributed by atoms with van der Waals surface area (Å²) in [7, 11) is 0. The molecule has 33 heavy (non-hydrogen) atoms. The molecule has 5 nitrogen and oxygen atoms in total. The number of aryl methyl sites for hydroxylation is 3. The Morgan fingerprint density at radius 2 is 1.88 bits per heavy atom. The average Bonchev–Trinajstić information content (AvgIpc) is 3.61. The Kier molecular flexibility index (Phi) is 6.10. The molecule has 1 amide bonds. The van der Waals surface area contributed by atoms with Crippen LogP contribution in [0.15, 0.2) is 42.6 Å². The minimum atomic E-state index is -3.28. The third kappa shape index (κ3) is 4.84. The Bertz CT molecular complexity index is 1210. The van der Waals surface area contributed by atoms with E-state index in [0.717, 1.165) is 24.0 Å². The summed E-state index contributed by atoms with van der Waals surface area (Å²) in [5.41, 5.74) is 2.29. The summed E-state index contributed by atoms with van der Waals surface area (Å²) in [4.78, 5) is 12.9. The summed E-state index contributed by atoms with van der Waals surface area (Å²) in [6.45, 7) is 4.25. The molecule has 0 unspecified atom stereocenters. The number of benzene rings is 2. The van der Waals surface area contributed by atoms with Crippen LogP contribution in [0.3, 0.4) is 0 Å². The first-order valence-electron chi connectivity index (χ1n) is 10.7. The van der Waals surface area contributed by atoms with Gasteiger partial charge in [-0.05, 0) is 73.9 Å². The second-order valence-electron chi connectivity index (χ2n) is 8.43. The topological polar surface area (TPSA) is 64.1 Å². The molecule has 0 bridgehead atoms. The van der Waals surface area contributed by atoms with Gasteiger partial charge in [0.15, 0.2) is 11.6 Å². The molecule has 0 spiro atoms. The third-order valence-corrected chi connectivity index (χ3v) is 5.85. The third-order valence-electron chi connectivity index (χ3n) is 5.85. The molecule has 1 aliphatic rings. The lowest BCUT2D eigenvalue weighted by Crippen LogP contribution is -2.35. The first kappa shape index (κ1) is 22.8. The zero-order valence-electron chi connectivity index (χ0n) is 18.6. The Morgan fingerprint density at radius 3 is 2.58 bits per heavy atom. The molecule has 172 valence electrons. The van der Waals surface area contributed by atoms with Crippen LogP contribution < -0.4 is 10.1 Å². The maximum Gasteiger partial charge on any atom is 0.290 e. The monoisotopic (exact) mass is 455 g/mol. The number of carbonyl (C=O) groups excluding carboxylic acids is 1. The van der Waals surface area contributed by atoms with Crippen LogP contribution in [0.1, 0.15) is 56.9 Å². The second-order valence-corrected chi connectivity index (χ2v) is 8.43. The number of nitrogens with zero attached hydrogens (tertiary/aromatic N) is 2. The van der Waals surface area contributed by atoms with Gasteiger partial charge in [0.25, 0.3) is 17.7 Å². The van der Waals surface area contributed by atoms with Crippen LogP contribution >= 0.6 is 0 Å². The van der Waals surface area contributed by atoms with Gasteiger partial charge in [-0.3, -0.25) is 4.79 Å². The van der Waals surface area contributed by atoms with Gasteiger partial charge in [0.2, 0.25) is 0 Å². The van der Waals surface area contributed by atoms with Crippen LogP contribution in [0.25, 0.3) is 0 Å². The summed E-state index contributed by atoms with van der Waals surface area (Å²) in [6.07, 6.45) is 3.14. The molecule has 1 fully saturated rings. The minimum absolute atomic E-state index is 0.0721. The van der Waals surface area contributed by atoms with Gasteiger partial charge in [0, 0.05) is 5.56 Å². The van der Waals surface area contributed by atoms with Crippen molar-refractivity contribution in [3.8, 4) is 11.6 Å². The lowest BCUT2D eigenvalue weighted by Gasteiger charge is -2.19. The van der Waals surface area contributed by atoms with E-state index < -0.39 is 24.2 Å². The highest BCUT2D eigenvalue weighted by Gasteiger charge is 2.33. The van der Waals surface area contributed by atoms with Gasteiger partial charge in [0.1, 0.15) is 5.56 Å². The van der Waals surface area contributed by atoms with E-state index in [1.165, 1.54) is 24.4 Å². The second kappa shape index (κ2) is 8.84. The molecule has 1 saturated carbocycles. The molecule has 1 aromatic heterocycles. The van der Waals surface area contributed by atoms with E-state index in [-0.39, 0.29) is 28.7 Å². The quantitative estimate of drug-likeness (QED) is 0.494. The number of ether oxygens (including phenoxy) is 1. The molecular weight excluding hydrogens is 431 g/mol. The highest BCUT2D eigenvalue weighted by molar-refractivity contribution is 5.97. The van der Waals surface area contributed by atoms with Crippen LogP contribution in [-0.4, -0.2) is 22.6 Å². The molecule has 1 heterocycles. The van der Waals surface area contributed by atoms with Gasteiger partial charge < -0.3 is 10.1 Å². The fourth-order valence-corrected chi connectivity index (χ4v) is 3.57. The first-order chi connectivity index (χ1) is 15.7. The van der Waals surface area contributed by atoms with Gasteiger partial charge in [-0.25, -0.2) is 4.39 Å². The molecule has 1 aliphatic carbocycles. The highest BCUT2D eigenvalue weighted by Crippen LogP contribution is 2.43. The summed E-state index contributed by atoms with van der Waals surface area (Å²) in [5, 5.41) is 9.86. The maximum absolute atomic E-state index is 14.9. The minimum Gasteiger partial charge on any atom is -0.434 e. The molecular formula is C25H24F3N3O2. The Balaban J connectivity index is 1.55. The molecule has 1 N–H and O–H groups in total. The maximum atomic E-state index is 14.9. The summed E-state index contributed by atoms with van der Waals surface area (Å²) >= 11 is 0. The van der Waals surface area contributed by atoms with Crippen LogP contribution in [0.4, 0.5) is 13.2 Å². The molecule has 2 aromatic carbocycles.